The second kappa shape index (κ2) is 9.59. The molecule has 1 saturated carbocycles. The van der Waals surface area contributed by atoms with Crippen LogP contribution in [-0.2, 0) is 14.9 Å². The zero-order valence-electron chi connectivity index (χ0n) is 20.4. The van der Waals surface area contributed by atoms with Gasteiger partial charge in [-0.1, -0.05) is 24.6 Å². The first-order valence-electron chi connectivity index (χ1n) is 11.2. The highest BCUT2D eigenvalue weighted by molar-refractivity contribution is 7.88. The zero-order chi connectivity index (χ0) is 29.1. The van der Waals surface area contributed by atoms with Gasteiger partial charge in [0.15, 0.2) is 17.4 Å². The van der Waals surface area contributed by atoms with Crippen LogP contribution in [0, 0.1) is 30.9 Å². The quantitative estimate of drug-likeness (QED) is 0.233. The van der Waals surface area contributed by atoms with E-state index in [0.717, 1.165) is 6.20 Å². The van der Waals surface area contributed by atoms with Crippen molar-refractivity contribution in [2.75, 3.05) is 5.32 Å². The van der Waals surface area contributed by atoms with Gasteiger partial charge in [-0.3, -0.25) is 19.1 Å². The molecule has 0 atom stereocenters. The molecule has 1 aliphatic rings. The predicted molar refractivity (Wildman–Crippen MR) is 131 cm³/mol. The molecule has 0 radical (unpaired) electrons. The van der Waals surface area contributed by atoms with Crippen molar-refractivity contribution in [2.24, 2.45) is 5.41 Å². The third kappa shape index (κ3) is 5.10. The number of pyridine rings is 2. The molecule has 1 fully saturated rings. The monoisotopic (exact) mass is 591 g/mol. The summed E-state index contributed by atoms with van der Waals surface area (Å²) >= 11 is 5.85. The first-order valence-corrected chi connectivity index (χ1v) is 13.0. The Kier molecular flexibility index (Phi) is 7.01. The second-order valence-electron chi connectivity index (χ2n) is 9.22. The molecule has 1 N–H and O–H groups in total. The molecule has 1 amide bonds. The van der Waals surface area contributed by atoms with Crippen LogP contribution in [0.4, 0.5) is 27.6 Å². The van der Waals surface area contributed by atoms with E-state index in [4.69, 9.17) is 11.6 Å². The average Bonchev–Trinajstić information content (AvgIpc) is 3.59. The van der Waals surface area contributed by atoms with Crippen molar-refractivity contribution in [3.05, 3.63) is 68.7 Å². The summed E-state index contributed by atoms with van der Waals surface area (Å²) in [6, 6.07) is 4.57. The van der Waals surface area contributed by atoms with Crippen LogP contribution in [0.1, 0.15) is 31.0 Å². The molecular formula is C24H19ClF5N3O5S. The standard InChI is InChI=1S/C24H19ClF5N3O5S/c1-11-10-31-19(13-5-4-6-14(17(13)26)32-22(35)23(3)7-8-23)18(27)20(11)33-12(2)9-15(16(25)21(33)34)38-39(36,37)24(28,29)30/h4-6,9-10H,7-8H2,1-3H3,(H,32,35). The summed E-state index contributed by atoms with van der Waals surface area (Å²) in [5.74, 6) is -3.69. The fourth-order valence-electron chi connectivity index (χ4n) is 3.71. The highest BCUT2D eigenvalue weighted by atomic mass is 35.5. The van der Waals surface area contributed by atoms with Crippen molar-refractivity contribution in [1.29, 1.82) is 0 Å². The number of halogens is 6. The molecule has 8 nitrogen and oxygen atoms in total. The average molecular weight is 592 g/mol. The van der Waals surface area contributed by atoms with Gasteiger partial charge < -0.3 is 9.50 Å². The first kappa shape index (κ1) is 28.5. The first-order chi connectivity index (χ1) is 18.0. The van der Waals surface area contributed by atoms with E-state index < -0.39 is 66.3 Å². The molecule has 2 heterocycles. The number of aryl methyl sites for hydroxylation is 2. The summed E-state index contributed by atoms with van der Waals surface area (Å²) in [5, 5.41) is 1.41. The fraction of sp³-hybridized carbons (Fsp3) is 0.292. The molecule has 39 heavy (non-hydrogen) atoms. The number of anilines is 1. The van der Waals surface area contributed by atoms with Crippen LogP contribution < -0.4 is 15.1 Å². The number of rotatable bonds is 6. The number of benzene rings is 1. The van der Waals surface area contributed by atoms with E-state index in [0.29, 0.717) is 23.5 Å². The molecular weight excluding hydrogens is 573 g/mol. The molecule has 1 aliphatic carbocycles. The number of amides is 1. The van der Waals surface area contributed by atoms with Gasteiger partial charge in [-0.2, -0.15) is 21.6 Å². The Bertz CT molecular complexity index is 1680. The van der Waals surface area contributed by atoms with Gasteiger partial charge in [0.1, 0.15) is 10.7 Å². The van der Waals surface area contributed by atoms with E-state index in [-0.39, 0.29) is 22.5 Å². The van der Waals surface area contributed by atoms with Crippen LogP contribution in [0.2, 0.25) is 5.02 Å². The van der Waals surface area contributed by atoms with Crippen molar-refractivity contribution in [3.8, 4) is 22.7 Å². The Labute approximate surface area is 223 Å². The highest BCUT2D eigenvalue weighted by Gasteiger charge is 2.49. The van der Waals surface area contributed by atoms with Crippen LogP contribution >= 0.6 is 11.6 Å². The lowest BCUT2D eigenvalue weighted by atomic mass is 10.1. The Morgan fingerprint density at radius 2 is 1.82 bits per heavy atom. The maximum absolute atomic E-state index is 15.9. The minimum atomic E-state index is -6.15. The zero-order valence-corrected chi connectivity index (χ0v) is 22.0. The Morgan fingerprint density at radius 3 is 2.41 bits per heavy atom. The number of nitrogens with zero attached hydrogens (tertiary/aromatic N) is 2. The molecule has 4 rings (SSSR count). The molecule has 0 unspecified atom stereocenters. The number of hydrogen-bond acceptors (Lipinski definition) is 6. The second-order valence-corrected chi connectivity index (χ2v) is 11.1. The normalized spacial score (nSPS) is 14.7. The van der Waals surface area contributed by atoms with Gasteiger partial charge in [-0.25, -0.2) is 8.78 Å². The van der Waals surface area contributed by atoms with Crippen molar-refractivity contribution in [2.45, 2.75) is 39.1 Å². The van der Waals surface area contributed by atoms with E-state index in [2.05, 4.69) is 14.5 Å². The van der Waals surface area contributed by atoms with Gasteiger partial charge in [0.05, 0.1) is 11.4 Å². The van der Waals surface area contributed by atoms with Crippen molar-refractivity contribution >= 4 is 33.3 Å². The number of hydrogen-bond donors (Lipinski definition) is 1. The van der Waals surface area contributed by atoms with E-state index >= 15 is 8.78 Å². The highest BCUT2D eigenvalue weighted by Crippen LogP contribution is 2.46. The van der Waals surface area contributed by atoms with Crippen LogP contribution in [0.3, 0.4) is 0 Å². The van der Waals surface area contributed by atoms with E-state index in [1.165, 1.54) is 32.0 Å². The molecule has 0 spiro atoms. The minimum Gasteiger partial charge on any atom is -0.374 e. The number of alkyl halides is 3. The summed E-state index contributed by atoms with van der Waals surface area (Å²) in [7, 11) is -6.15. The Morgan fingerprint density at radius 1 is 1.18 bits per heavy atom. The van der Waals surface area contributed by atoms with Gasteiger partial charge in [0.25, 0.3) is 5.56 Å². The fourth-order valence-corrected chi connectivity index (χ4v) is 4.40. The molecule has 3 aromatic rings. The maximum Gasteiger partial charge on any atom is 0.534 e. The summed E-state index contributed by atoms with van der Waals surface area (Å²) < 4.78 is 97.0. The van der Waals surface area contributed by atoms with Crippen molar-refractivity contribution in [3.63, 3.8) is 0 Å². The van der Waals surface area contributed by atoms with Gasteiger partial charge in [0, 0.05) is 28.9 Å². The summed E-state index contributed by atoms with van der Waals surface area (Å²) in [5.41, 5.74) is -9.47. The SMILES string of the molecule is Cc1cnc(-c2cccc(NC(=O)C3(C)CC3)c2F)c(F)c1-n1c(C)cc(OS(=O)(=O)C(F)(F)F)c(Cl)c1=O. The largest absolute Gasteiger partial charge is 0.534 e. The molecule has 2 aromatic heterocycles. The number of carbonyl (C=O) groups is 1. The molecule has 0 aliphatic heterocycles. The minimum absolute atomic E-state index is 0.0561. The van der Waals surface area contributed by atoms with Gasteiger partial charge in [-0.05, 0) is 44.4 Å². The van der Waals surface area contributed by atoms with E-state index in [1.54, 1.807) is 6.92 Å². The van der Waals surface area contributed by atoms with E-state index in [1.807, 2.05) is 0 Å². The summed E-state index contributed by atoms with van der Waals surface area (Å²) in [6.07, 6.45) is 2.41. The smallest absolute Gasteiger partial charge is 0.374 e. The van der Waals surface area contributed by atoms with Crippen LogP contribution in [0.5, 0.6) is 5.75 Å². The Balaban J connectivity index is 1.82. The van der Waals surface area contributed by atoms with Crippen molar-refractivity contribution < 1.29 is 39.3 Å². The third-order valence-electron chi connectivity index (χ3n) is 6.23. The predicted octanol–water partition coefficient (Wildman–Crippen LogP) is 5.41. The molecule has 1 aromatic carbocycles. The molecule has 0 saturated heterocycles. The molecule has 15 heteroatoms. The summed E-state index contributed by atoms with van der Waals surface area (Å²) in [6.45, 7) is 4.24. The third-order valence-corrected chi connectivity index (χ3v) is 7.55. The Hall–Kier alpha value is -3.52. The van der Waals surface area contributed by atoms with Crippen LogP contribution in [0.25, 0.3) is 16.9 Å². The lowest BCUT2D eigenvalue weighted by Gasteiger charge is -2.18. The number of aromatic nitrogens is 2. The lowest BCUT2D eigenvalue weighted by Crippen LogP contribution is -2.30. The van der Waals surface area contributed by atoms with Crippen LogP contribution in [-0.4, -0.2) is 29.4 Å². The number of nitrogens with one attached hydrogen (secondary N) is 1. The topological polar surface area (TPSA) is 107 Å². The summed E-state index contributed by atoms with van der Waals surface area (Å²) in [4.78, 5) is 29.3. The van der Waals surface area contributed by atoms with Crippen molar-refractivity contribution in [1.82, 2.24) is 9.55 Å². The van der Waals surface area contributed by atoms with E-state index in [9.17, 15) is 31.2 Å². The van der Waals surface area contributed by atoms with Crippen LogP contribution in [0.15, 0.2) is 35.3 Å². The number of carbonyl (C=O) groups excluding carboxylic acids is 1. The van der Waals surface area contributed by atoms with Gasteiger partial charge in [0.2, 0.25) is 5.91 Å². The molecule has 0 bridgehead atoms. The van der Waals surface area contributed by atoms with Gasteiger partial charge >= 0.3 is 15.6 Å². The van der Waals surface area contributed by atoms with Gasteiger partial charge in [-0.15, -0.1) is 0 Å². The lowest BCUT2D eigenvalue weighted by molar-refractivity contribution is -0.120. The maximum atomic E-state index is 15.9. The molecule has 208 valence electrons.